The van der Waals surface area contributed by atoms with Crippen LogP contribution in [0.2, 0.25) is 0 Å². The Labute approximate surface area is 75.5 Å². The largest absolute Gasteiger partial charge is 0.300 e. The summed E-state index contributed by atoms with van der Waals surface area (Å²) in [6, 6.07) is 0. The fraction of sp³-hybridized carbons (Fsp3) is 0.818. The number of ketones is 1. The van der Waals surface area contributed by atoms with Gasteiger partial charge in [0.05, 0.1) is 0 Å². The van der Waals surface area contributed by atoms with Crippen molar-refractivity contribution in [2.75, 3.05) is 0 Å². The van der Waals surface area contributed by atoms with Crippen LogP contribution in [0.1, 0.15) is 58.3 Å². The smallest absolute Gasteiger partial charge is 0.133 e. The van der Waals surface area contributed by atoms with Gasteiger partial charge in [-0.15, -0.1) is 0 Å². The minimum atomic E-state index is 0.471. The molecule has 0 unspecified atom stereocenters. The van der Waals surface area contributed by atoms with Gasteiger partial charge in [0.2, 0.25) is 0 Å². The van der Waals surface area contributed by atoms with Crippen molar-refractivity contribution in [3.63, 3.8) is 0 Å². The van der Waals surface area contributed by atoms with Crippen LogP contribution in [-0.4, -0.2) is 5.78 Å². The molecule has 1 aliphatic rings. The van der Waals surface area contributed by atoms with Gasteiger partial charge in [-0.25, -0.2) is 0 Å². The highest BCUT2D eigenvalue weighted by Gasteiger charge is 2.17. The van der Waals surface area contributed by atoms with Crippen molar-refractivity contribution in [2.24, 2.45) is 0 Å². The molecule has 0 saturated heterocycles. The molecule has 12 heavy (non-hydrogen) atoms. The molecule has 1 nitrogen and oxygen atoms in total. The number of carbonyl (C=O) groups excluding carboxylic acids is 1. The summed E-state index contributed by atoms with van der Waals surface area (Å²) in [6.45, 7) is 2.21. The topological polar surface area (TPSA) is 17.1 Å². The lowest BCUT2D eigenvalue weighted by molar-refractivity contribution is -0.118. The molecule has 0 aliphatic heterocycles. The fourth-order valence-corrected chi connectivity index (χ4v) is 1.79. The summed E-state index contributed by atoms with van der Waals surface area (Å²) in [4.78, 5) is 11.2. The fourth-order valence-electron chi connectivity index (χ4n) is 1.79. The van der Waals surface area contributed by atoms with Crippen LogP contribution < -0.4 is 0 Å². The van der Waals surface area contributed by atoms with Crippen LogP contribution in [-0.2, 0) is 4.79 Å². The minimum absolute atomic E-state index is 0.471. The minimum Gasteiger partial charge on any atom is -0.300 e. The van der Waals surface area contributed by atoms with Gasteiger partial charge < -0.3 is 0 Å². The summed E-state index contributed by atoms with van der Waals surface area (Å²) in [5.74, 6) is 1.98. The third-order valence-electron chi connectivity index (χ3n) is 2.57. The first-order chi connectivity index (χ1) is 5.83. The van der Waals surface area contributed by atoms with Gasteiger partial charge in [0.25, 0.3) is 0 Å². The lowest BCUT2D eigenvalue weighted by Gasteiger charge is -2.10. The van der Waals surface area contributed by atoms with Gasteiger partial charge in [0.1, 0.15) is 5.78 Å². The lowest BCUT2D eigenvalue weighted by Crippen LogP contribution is -2.02. The molecular weight excluding hydrogens is 148 g/mol. The first kappa shape index (κ1) is 9.76. The molecule has 1 aliphatic carbocycles. The lowest BCUT2D eigenvalue weighted by atomic mass is 9.94. The molecule has 0 aromatic heterocycles. The van der Waals surface area contributed by atoms with E-state index < -0.39 is 0 Å². The van der Waals surface area contributed by atoms with Crippen molar-refractivity contribution >= 4 is 5.78 Å². The number of hydrogen-bond donors (Lipinski definition) is 0. The predicted molar refractivity (Wildman–Crippen MR) is 50.9 cm³/mol. The van der Waals surface area contributed by atoms with E-state index in [9.17, 15) is 4.79 Å². The van der Waals surface area contributed by atoms with Gasteiger partial charge in [-0.3, -0.25) is 4.79 Å². The molecule has 0 N–H and O–H groups in total. The van der Waals surface area contributed by atoms with Crippen LogP contribution >= 0.6 is 0 Å². The number of Topliss-reactive ketones (excluding diaryl/α,β-unsaturated/α-hetero) is 1. The standard InChI is InChI=1S/C11H19O/c1-2-3-6-10-7-4-5-8-11(12)9-10/h2-9H2,1H3. The van der Waals surface area contributed by atoms with Crippen molar-refractivity contribution in [2.45, 2.75) is 58.3 Å². The summed E-state index contributed by atoms with van der Waals surface area (Å²) < 4.78 is 0. The quantitative estimate of drug-likeness (QED) is 0.589. The van der Waals surface area contributed by atoms with Crippen molar-refractivity contribution in [3.8, 4) is 0 Å². The summed E-state index contributed by atoms with van der Waals surface area (Å²) in [6.07, 6.45) is 8.91. The Morgan fingerprint density at radius 3 is 2.75 bits per heavy atom. The SMILES string of the molecule is CCCC[C]1CCCCC(=O)C1. The Morgan fingerprint density at radius 1 is 1.25 bits per heavy atom. The highest BCUT2D eigenvalue weighted by Crippen LogP contribution is 2.26. The van der Waals surface area contributed by atoms with Crippen molar-refractivity contribution in [1.82, 2.24) is 0 Å². The zero-order valence-electron chi connectivity index (χ0n) is 8.07. The summed E-state index contributed by atoms with van der Waals surface area (Å²) >= 11 is 0. The van der Waals surface area contributed by atoms with Gasteiger partial charge in [-0.1, -0.05) is 26.2 Å². The third kappa shape index (κ3) is 3.38. The van der Waals surface area contributed by atoms with E-state index in [2.05, 4.69) is 6.92 Å². The summed E-state index contributed by atoms with van der Waals surface area (Å²) in [7, 11) is 0. The second kappa shape index (κ2) is 5.34. The zero-order valence-corrected chi connectivity index (χ0v) is 8.07. The molecule has 0 aromatic rings. The normalized spacial score (nSPS) is 20.9. The van der Waals surface area contributed by atoms with Crippen molar-refractivity contribution < 1.29 is 4.79 Å². The van der Waals surface area contributed by atoms with Gasteiger partial charge >= 0.3 is 0 Å². The highest BCUT2D eigenvalue weighted by atomic mass is 16.1. The van der Waals surface area contributed by atoms with E-state index in [0.717, 1.165) is 19.3 Å². The number of carbonyl (C=O) groups is 1. The maximum atomic E-state index is 11.2. The molecule has 69 valence electrons. The number of hydrogen-bond acceptors (Lipinski definition) is 1. The Balaban J connectivity index is 2.26. The molecule has 0 bridgehead atoms. The zero-order chi connectivity index (χ0) is 8.81. The molecule has 0 amide bonds. The van der Waals surface area contributed by atoms with Crippen LogP contribution in [0.4, 0.5) is 0 Å². The number of rotatable bonds is 3. The highest BCUT2D eigenvalue weighted by molar-refractivity contribution is 5.80. The average Bonchev–Trinajstić information content (AvgIpc) is 2.26. The van der Waals surface area contributed by atoms with Gasteiger partial charge in [-0.05, 0) is 25.2 Å². The molecule has 0 aromatic carbocycles. The Kier molecular flexibility index (Phi) is 4.34. The first-order valence-corrected chi connectivity index (χ1v) is 5.18. The van der Waals surface area contributed by atoms with Crippen LogP contribution in [0.5, 0.6) is 0 Å². The average molecular weight is 167 g/mol. The molecule has 0 heterocycles. The molecule has 0 atom stereocenters. The van der Waals surface area contributed by atoms with E-state index in [4.69, 9.17) is 0 Å². The molecular formula is C11H19O. The molecule has 1 radical (unpaired) electrons. The third-order valence-corrected chi connectivity index (χ3v) is 2.57. The van der Waals surface area contributed by atoms with E-state index in [1.165, 1.54) is 38.0 Å². The first-order valence-electron chi connectivity index (χ1n) is 5.18. The molecule has 1 fully saturated rings. The van der Waals surface area contributed by atoms with Crippen molar-refractivity contribution in [1.29, 1.82) is 0 Å². The maximum absolute atomic E-state index is 11.2. The Hall–Kier alpha value is -0.330. The van der Waals surface area contributed by atoms with E-state index in [-0.39, 0.29) is 0 Å². The molecule has 1 heteroatoms. The Morgan fingerprint density at radius 2 is 2.00 bits per heavy atom. The predicted octanol–water partition coefficient (Wildman–Crippen LogP) is 3.28. The van der Waals surface area contributed by atoms with Crippen molar-refractivity contribution in [3.05, 3.63) is 5.92 Å². The second-order valence-corrected chi connectivity index (χ2v) is 3.78. The van der Waals surface area contributed by atoms with Crippen LogP contribution in [0.3, 0.4) is 0 Å². The van der Waals surface area contributed by atoms with E-state index in [1.807, 2.05) is 0 Å². The van der Waals surface area contributed by atoms with E-state index in [0.29, 0.717) is 5.78 Å². The van der Waals surface area contributed by atoms with Gasteiger partial charge in [0, 0.05) is 12.8 Å². The van der Waals surface area contributed by atoms with E-state index in [1.54, 1.807) is 0 Å². The van der Waals surface area contributed by atoms with Crippen LogP contribution in [0.15, 0.2) is 0 Å². The molecule has 0 spiro atoms. The maximum Gasteiger partial charge on any atom is 0.133 e. The monoisotopic (exact) mass is 167 g/mol. The molecule has 1 rings (SSSR count). The van der Waals surface area contributed by atoms with E-state index >= 15 is 0 Å². The summed E-state index contributed by atoms with van der Waals surface area (Å²) in [5, 5.41) is 0. The molecule has 1 saturated carbocycles. The summed E-state index contributed by atoms with van der Waals surface area (Å²) in [5.41, 5.74) is 0. The Bertz CT molecular complexity index is 140. The van der Waals surface area contributed by atoms with Crippen LogP contribution in [0.25, 0.3) is 0 Å². The van der Waals surface area contributed by atoms with Gasteiger partial charge in [-0.2, -0.15) is 0 Å². The van der Waals surface area contributed by atoms with Gasteiger partial charge in [0.15, 0.2) is 0 Å². The van der Waals surface area contributed by atoms with Crippen LogP contribution in [0, 0.1) is 5.92 Å². The number of unbranched alkanes of at least 4 members (excludes halogenated alkanes) is 1. The second-order valence-electron chi connectivity index (χ2n) is 3.78.